The zero-order chi connectivity index (χ0) is 28.3. The summed E-state index contributed by atoms with van der Waals surface area (Å²) in [5, 5.41) is -1.24. The molecule has 1 saturated carbocycles. The molecule has 1 amide bonds. The number of hydrogen-bond acceptors (Lipinski definition) is 3. The van der Waals surface area contributed by atoms with Gasteiger partial charge in [-0.25, -0.2) is 0 Å². The van der Waals surface area contributed by atoms with Crippen LogP contribution in [0.4, 0.5) is 13.2 Å². The second kappa shape index (κ2) is 5.46. The third-order valence-corrected chi connectivity index (χ3v) is 2.61. The largest absolute Gasteiger partial charge is 0.573 e. The molecule has 22 heavy (non-hydrogen) atoms. The molecule has 120 valence electrons. The number of rotatable bonds is 2. The number of halogens is 3. The first-order valence-electron chi connectivity index (χ1n) is 12.7. The number of ether oxygens (including phenoxy) is 1. The molecule has 1 aromatic carbocycles. The van der Waals surface area contributed by atoms with Gasteiger partial charge in [-0.05, 0) is 43.2 Å². The van der Waals surface area contributed by atoms with Crippen LogP contribution in [0.25, 0.3) is 0 Å². The summed E-state index contributed by atoms with van der Waals surface area (Å²) in [6, 6.07) is -3.12. The molecule has 1 aliphatic heterocycles. The predicted molar refractivity (Wildman–Crippen MR) is 73.0 cm³/mol. The van der Waals surface area contributed by atoms with Crippen LogP contribution in [-0.4, -0.2) is 17.9 Å². The number of hydrogen-bond donors (Lipinski definition) is 2. The summed E-state index contributed by atoms with van der Waals surface area (Å²) >= 11 is 0. The molecule has 1 aromatic rings. The molecule has 1 saturated heterocycles. The molecular weight excluding hydrogens is 297 g/mol. The molecule has 3 rings (SSSR count). The van der Waals surface area contributed by atoms with E-state index in [2.05, 4.69) is 4.74 Å². The molecule has 0 bridgehead atoms. The summed E-state index contributed by atoms with van der Waals surface area (Å²) in [5.74, 6) is -2.96. The highest BCUT2D eigenvalue weighted by molar-refractivity contribution is 5.86. The molecule has 4 nitrogen and oxygen atoms in total. The fourth-order valence-electron chi connectivity index (χ4n) is 1.78. The number of amides is 1. The average molecular weight is 328 g/mol. The molecule has 1 spiro atoms. The highest BCUT2D eigenvalue weighted by Crippen LogP contribution is 2.34. The average Bonchev–Trinajstić information content (AvgIpc) is 2.85. The Labute approximate surface area is 145 Å². The van der Waals surface area contributed by atoms with E-state index < -0.39 is 83.8 Å². The Morgan fingerprint density at radius 1 is 1.36 bits per heavy atom. The van der Waals surface area contributed by atoms with Crippen LogP contribution in [0, 0.1) is 0 Å². The molecule has 1 aliphatic carbocycles. The van der Waals surface area contributed by atoms with Crippen LogP contribution in [0.15, 0.2) is 24.2 Å². The second-order valence-corrected chi connectivity index (χ2v) is 4.16. The van der Waals surface area contributed by atoms with Crippen molar-refractivity contribution in [3.05, 3.63) is 29.8 Å². The first-order chi connectivity index (χ1) is 15.8. The van der Waals surface area contributed by atoms with E-state index in [4.69, 9.17) is 19.3 Å². The Bertz CT molecular complexity index is 1080. The highest BCUT2D eigenvalue weighted by Gasteiger charge is 2.44. The first-order valence-corrected chi connectivity index (χ1v) is 5.81. The number of benzene rings is 1. The molecule has 2 fully saturated rings. The summed E-state index contributed by atoms with van der Waals surface area (Å²) in [5.41, 5.74) is -4.93. The maximum Gasteiger partial charge on any atom is 0.573 e. The van der Waals surface area contributed by atoms with Gasteiger partial charge in [0.15, 0.2) is 1.41 Å². The summed E-state index contributed by atoms with van der Waals surface area (Å²) in [6.07, 6.45) is -25.4. The zero-order valence-corrected chi connectivity index (χ0v) is 10.6. The van der Waals surface area contributed by atoms with Crippen molar-refractivity contribution in [3.63, 3.8) is 0 Å². The van der Waals surface area contributed by atoms with Gasteiger partial charge in [0.1, 0.15) is 13.2 Å². The van der Waals surface area contributed by atoms with Gasteiger partial charge >= 0.3 is 6.36 Å². The highest BCUT2D eigenvalue weighted by atomic mass is 19.4. The number of carbonyl (C=O) groups is 1. The third-order valence-electron chi connectivity index (χ3n) is 2.61. The SMILES string of the molecule is [2H]c1cc(OC(F)(F)F)ccc1C1([2H])C(=O)N([2H])C2(N1[2H])C([2H])([2H])C([2H])([2H])C([2H])([2H])C([2H])([2H])C2([2H])[2H]. The molecule has 1 atom stereocenters. The lowest BCUT2D eigenvalue weighted by atomic mass is 9.89. The van der Waals surface area contributed by atoms with Crippen molar-refractivity contribution >= 4 is 5.91 Å². The summed E-state index contributed by atoms with van der Waals surface area (Å²) < 4.78 is 156. The van der Waals surface area contributed by atoms with Crippen molar-refractivity contribution in [2.24, 2.45) is 0 Å². The quantitative estimate of drug-likeness (QED) is 0.877. The number of carbonyl (C=O) groups excluding carboxylic acids is 1. The van der Waals surface area contributed by atoms with Gasteiger partial charge in [0.05, 0.1) is 8.40 Å². The van der Waals surface area contributed by atoms with E-state index in [1.165, 1.54) is 0 Å². The standard InChI is InChI=1S/C15H17F3N2O2/c16-15(17,18)22-11-6-4-10(5-7-11)12-13(21)20-14(19-12)8-2-1-3-9-14/h4-7,12,19H,1-3,8-9H2,(H,20,21)/i1D2,2D2,3D2,4D,8D2,9D2,12D/hD2. The van der Waals surface area contributed by atoms with Gasteiger partial charge in [-0.3, -0.25) is 10.1 Å². The van der Waals surface area contributed by atoms with Crippen molar-refractivity contribution in [1.82, 2.24) is 10.6 Å². The summed E-state index contributed by atoms with van der Waals surface area (Å²) in [7, 11) is 0. The lowest BCUT2D eigenvalue weighted by Gasteiger charge is -2.33. The summed E-state index contributed by atoms with van der Waals surface area (Å²) in [4.78, 5) is 13.2. The molecule has 7 heteroatoms. The van der Waals surface area contributed by atoms with Crippen molar-refractivity contribution in [3.8, 4) is 5.75 Å². The van der Waals surface area contributed by atoms with E-state index in [9.17, 15) is 18.0 Å². The van der Waals surface area contributed by atoms with Crippen LogP contribution in [0.3, 0.4) is 0 Å². The third kappa shape index (κ3) is 3.19. The van der Waals surface area contributed by atoms with Crippen LogP contribution in [-0.2, 0) is 4.79 Å². The maximum atomic E-state index is 13.2. The second-order valence-electron chi connectivity index (χ2n) is 4.16. The summed E-state index contributed by atoms with van der Waals surface area (Å²) in [6.45, 7) is 0. The van der Waals surface area contributed by atoms with E-state index >= 15 is 0 Å². The van der Waals surface area contributed by atoms with E-state index in [0.29, 0.717) is 18.2 Å². The maximum absolute atomic E-state index is 13.2. The van der Waals surface area contributed by atoms with E-state index in [1.807, 2.05) is 0 Å². The lowest BCUT2D eigenvalue weighted by Crippen LogP contribution is -2.51. The minimum absolute atomic E-state index is 0.376. The zero-order valence-electron chi connectivity index (χ0n) is 24.6. The first kappa shape index (κ1) is 5.70. The van der Waals surface area contributed by atoms with Crippen LogP contribution < -0.4 is 15.4 Å². The van der Waals surface area contributed by atoms with Gasteiger partial charge in [-0.2, -0.15) is 0 Å². The monoisotopic (exact) mass is 328 g/mol. The minimum atomic E-state index is -5.19. The van der Waals surface area contributed by atoms with Crippen LogP contribution in [0.1, 0.15) is 59.9 Å². The molecule has 2 aliphatic rings. The van der Waals surface area contributed by atoms with Gasteiger partial charge in [-0.15, -0.1) is 13.2 Å². The van der Waals surface area contributed by atoms with Crippen molar-refractivity contribution < 1.29 is 42.0 Å². The Balaban J connectivity index is 2.34. The van der Waals surface area contributed by atoms with Gasteiger partial charge < -0.3 is 10.0 Å². The van der Waals surface area contributed by atoms with Crippen molar-refractivity contribution in [1.29, 1.82) is 0 Å². The number of nitrogens with one attached hydrogen (secondary N) is 2. The smallest absolute Gasteiger partial charge is 0.406 e. The topological polar surface area (TPSA) is 50.4 Å². The fourth-order valence-corrected chi connectivity index (χ4v) is 1.78. The van der Waals surface area contributed by atoms with Gasteiger partial charge in [0.25, 0.3) is 0 Å². The fraction of sp³-hybridized carbons (Fsp3) is 0.533. The Hall–Kier alpha value is -1.76. The normalized spacial score (nSPS) is 49.8. The van der Waals surface area contributed by atoms with Gasteiger partial charge in [-0.1, -0.05) is 18.5 Å². The Kier molecular flexibility index (Phi) is 1.42. The van der Waals surface area contributed by atoms with E-state index in [-0.39, 0.29) is 0 Å². The van der Waals surface area contributed by atoms with Gasteiger partial charge in [0, 0.05) is 13.7 Å². The van der Waals surface area contributed by atoms with Gasteiger partial charge in [0.2, 0.25) is 5.91 Å². The van der Waals surface area contributed by atoms with Crippen molar-refractivity contribution in [2.75, 3.05) is 0 Å². The Morgan fingerprint density at radius 2 is 2.09 bits per heavy atom. The van der Waals surface area contributed by atoms with E-state index in [0.717, 1.165) is 0 Å². The van der Waals surface area contributed by atoms with Crippen LogP contribution >= 0.6 is 0 Å². The van der Waals surface area contributed by atoms with Crippen LogP contribution in [0.5, 0.6) is 5.75 Å². The number of alkyl halides is 3. The predicted octanol–water partition coefficient (Wildman–Crippen LogP) is 3.01. The van der Waals surface area contributed by atoms with E-state index in [1.54, 1.807) is 0 Å². The minimum Gasteiger partial charge on any atom is -0.406 e. The lowest BCUT2D eigenvalue weighted by molar-refractivity contribution is -0.274. The molecule has 0 radical (unpaired) electrons. The van der Waals surface area contributed by atoms with Crippen LogP contribution in [0.2, 0.25) is 2.82 Å². The Morgan fingerprint density at radius 3 is 2.73 bits per heavy atom. The molecule has 0 aromatic heterocycles. The molecule has 1 heterocycles. The molecular formula is C15H17F3N2O2. The molecule has 1 unspecified atom stereocenters. The van der Waals surface area contributed by atoms with Crippen molar-refractivity contribution in [2.45, 2.75) is 49.9 Å². The molecule has 2 N–H and O–H groups in total.